The van der Waals surface area contributed by atoms with Gasteiger partial charge >= 0.3 is 0 Å². The van der Waals surface area contributed by atoms with Crippen LogP contribution in [0.25, 0.3) is 0 Å². The summed E-state index contributed by atoms with van der Waals surface area (Å²) in [5.41, 5.74) is 0.311. The van der Waals surface area contributed by atoms with Gasteiger partial charge in [0.05, 0.1) is 19.8 Å². The zero-order valence-electron chi connectivity index (χ0n) is 15.9. The zero-order valence-corrected chi connectivity index (χ0v) is 17.5. The molecule has 0 radical (unpaired) electrons. The van der Waals surface area contributed by atoms with E-state index >= 15 is 0 Å². The first kappa shape index (κ1) is 22.7. The van der Waals surface area contributed by atoms with E-state index in [4.69, 9.17) is 4.74 Å². The lowest BCUT2D eigenvalue weighted by molar-refractivity contribution is -0.138. The van der Waals surface area contributed by atoms with Gasteiger partial charge in [-0.15, -0.1) is 24.8 Å². The van der Waals surface area contributed by atoms with Crippen molar-refractivity contribution in [2.75, 3.05) is 72.1 Å². The fourth-order valence-corrected chi connectivity index (χ4v) is 4.62. The Balaban J connectivity index is 0.00000131. The molecule has 1 spiro atoms. The van der Waals surface area contributed by atoms with Crippen molar-refractivity contribution < 1.29 is 14.3 Å². The topological polar surface area (TPSA) is 65.1 Å². The first-order valence-electron chi connectivity index (χ1n) is 9.75. The summed E-state index contributed by atoms with van der Waals surface area (Å²) in [4.78, 5) is 31.3. The first-order valence-corrected chi connectivity index (χ1v) is 9.75. The van der Waals surface area contributed by atoms with Gasteiger partial charge in [-0.05, 0) is 37.8 Å². The van der Waals surface area contributed by atoms with Gasteiger partial charge in [0.25, 0.3) is 0 Å². The number of halogens is 2. The molecule has 4 aliphatic rings. The highest BCUT2D eigenvalue weighted by Gasteiger charge is 2.58. The molecule has 9 heteroatoms. The predicted octanol–water partition coefficient (Wildman–Crippen LogP) is 0.223. The molecule has 7 nitrogen and oxygen atoms in total. The summed E-state index contributed by atoms with van der Waals surface area (Å²) in [5.74, 6) is 0.816. The number of nitrogens with zero attached hydrogens (tertiary/aromatic N) is 3. The molecule has 0 aromatic carbocycles. The zero-order chi connectivity index (χ0) is 17.3. The summed E-state index contributed by atoms with van der Waals surface area (Å²) in [7, 11) is 0. The number of rotatable bonds is 3. The molecule has 156 valence electrons. The lowest BCUT2D eigenvalue weighted by Crippen LogP contribution is -2.53. The number of carbonyl (C=O) groups is 2. The van der Waals surface area contributed by atoms with Crippen molar-refractivity contribution in [3.05, 3.63) is 0 Å². The lowest BCUT2D eigenvalue weighted by atomic mass is 9.91. The molecule has 1 atom stereocenters. The number of ether oxygens (including phenoxy) is 1. The second-order valence-corrected chi connectivity index (χ2v) is 7.96. The molecule has 2 amide bonds. The van der Waals surface area contributed by atoms with Crippen LogP contribution >= 0.6 is 24.8 Å². The highest BCUT2D eigenvalue weighted by atomic mass is 35.5. The van der Waals surface area contributed by atoms with Crippen LogP contribution in [-0.2, 0) is 14.3 Å². The largest absolute Gasteiger partial charge is 0.378 e. The molecule has 1 saturated carbocycles. The monoisotopic (exact) mass is 422 g/mol. The van der Waals surface area contributed by atoms with Crippen LogP contribution < -0.4 is 5.32 Å². The molecule has 4 rings (SSSR count). The summed E-state index contributed by atoms with van der Waals surface area (Å²) in [6.07, 6.45) is 3.39. The van der Waals surface area contributed by atoms with E-state index in [1.54, 1.807) is 0 Å². The van der Waals surface area contributed by atoms with Crippen molar-refractivity contribution in [2.24, 2.45) is 11.3 Å². The Morgan fingerprint density at radius 3 is 2.19 bits per heavy atom. The van der Waals surface area contributed by atoms with Crippen LogP contribution in [0.3, 0.4) is 0 Å². The third-order valence-electron chi connectivity index (χ3n) is 6.49. The Kier molecular flexibility index (Phi) is 8.19. The van der Waals surface area contributed by atoms with E-state index in [2.05, 4.69) is 10.2 Å². The van der Waals surface area contributed by atoms with E-state index in [1.807, 2.05) is 9.80 Å². The fraction of sp³-hybridized carbons (Fsp3) is 0.889. The predicted molar refractivity (Wildman–Crippen MR) is 108 cm³/mol. The minimum Gasteiger partial charge on any atom is -0.378 e. The highest BCUT2D eigenvalue weighted by molar-refractivity contribution is 5.85. The number of amides is 2. The van der Waals surface area contributed by atoms with Gasteiger partial charge in [-0.3, -0.25) is 14.5 Å². The van der Waals surface area contributed by atoms with Crippen molar-refractivity contribution in [1.29, 1.82) is 0 Å². The van der Waals surface area contributed by atoms with E-state index in [-0.39, 0.29) is 36.6 Å². The summed E-state index contributed by atoms with van der Waals surface area (Å²) in [6.45, 7) is 8.43. The number of morpholine rings is 1. The van der Waals surface area contributed by atoms with Crippen LogP contribution in [0.1, 0.15) is 19.3 Å². The maximum Gasteiger partial charge on any atom is 0.236 e. The van der Waals surface area contributed by atoms with Gasteiger partial charge in [0.2, 0.25) is 11.8 Å². The van der Waals surface area contributed by atoms with Gasteiger partial charge in [-0.2, -0.15) is 0 Å². The molecular formula is C18H32Cl2N4O3. The van der Waals surface area contributed by atoms with Crippen LogP contribution in [-0.4, -0.2) is 98.6 Å². The minimum atomic E-state index is 0. The van der Waals surface area contributed by atoms with Crippen LogP contribution in [0.2, 0.25) is 0 Å². The Morgan fingerprint density at radius 2 is 1.56 bits per heavy atom. The van der Waals surface area contributed by atoms with Crippen molar-refractivity contribution in [2.45, 2.75) is 19.3 Å². The van der Waals surface area contributed by atoms with Gasteiger partial charge in [0.15, 0.2) is 0 Å². The SMILES string of the molecule is Cl.Cl.O=C(CN1CCN(C(=O)C2CC23CCNCC3)CC1)N1CCOCC1. The normalized spacial score (nSPS) is 27.5. The van der Waals surface area contributed by atoms with Crippen LogP contribution in [0.4, 0.5) is 0 Å². The van der Waals surface area contributed by atoms with Crippen molar-refractivity contribution >= 4 is 36.6 Å². The number of carbonyl (C=O) groups excluding carboxylic acids is 2. The summed E-state index contributed by atoms with van der Waals surface area (Å²) in [5, 5.41) is 3.40. The Bertz CT molecular complexity index is 517. The summed E-state index contributed by atoms with van der Waals surface area (Å²) >= 11 is 0. The maximum absolute atomic E-state index is 12.8. The average molecular weight is 423 g/mol. The maximum atomic E-state index is 12.8. The molecule has 0 aromatic rings. The molecule has 1 unspecified atom stereocenters. The molecule has 1 aliphatic carbocycles. The van der Waals surface area contributed by atoms with E-state index in [0.29, 0.717) is 44.2 Å². The fourth-order valence-electron chi connectivity index (χ4n) is 4.62. The van der Waals surface area contributed by atoms with E-state index < -0.39 is 0 Å². The average Bonchev–Trinajstić information content (AvgIpc) is 3.35. The second kappa shape index (κ2) is 9.74. The quantitative estimate of drug-likeness (QED) is 0.704. The molecule has 3 aliphatic heterocycles. The third kappa shape index (κ3) is 5.07. The molecule has 3 saturated heterocycles. The van der Waals surface area contributed by atoms with Gasteiger partial charge in [0.1, 0.15) is 0 Å². The number of hydrogen-bond acceptors (Lipinski definition) is 5. The molecular weight excluding hydrogens is 391 g/mol. The summed E-state index contributed by atoms with van der Waals surface area (Å²) in [6, 6.07) is 0. The van der Waals surface area contributed by atoms with Crippen molar-refractivity contribution in [3.63, 3.8) is 0 Å². The molecule has 1 N–H and O–H groups in total. The minimum absolute atomic E-state index is 0. The van der Waals surface area contributed by atoms with Gasteiger partial charge in [0, 0.05) is 45.2 Å². The Morgan fingerprint density at radius 1 is 0.926 bits per heavy atom. The van der Waals surface area contributed by atoms with E-state index in [1.165, 1.54) is 0 Å². The number of hydrogen-bond donors (Lipinski definition) is 1. The van der Waals surface area contributed by atoms with E-state index in [0.717, 1.165) is 58.5 Å². The number of piperazine rings is 1. The molecule has 3 heterocycles. The number of piperidine rings is 1. The van der Waals surface area contributed by atoms with Gasteiger partial charge in [-0.25, -0.2) is 0 Å². The Labute approximate surface area is 173 Å². The molecule has 4 fully saturated rings. The molecule has 27 heavy (non-hydrogen) atoms. The Hall–Kier alpha value is -0.600. The van der Waals surface area contributed by atoms with Crippen LogP contribution in [0.15, 0.2) is 0 Å². The van der Waals surface area contributed by atoms with Gasteiger partial charge < -0.3 is 19.9 Å². The van der Waals surface area contributed by atoms with E-state index in [9.17, 15) is 9.59 Å². The highest BCUT2D eigenvalue weighted by Crippen LogP contribution is 2.59. The standard InChI is InChI=1S/C18H30N4O3.2ClH/c23-16(21-9-11-25-12-10-21)14-20-5-7-22(8-6-20)17(24)15-13-18(15)1-3-19-4-2-18;;/h15,19H,1-14H2;2*1H. The smallest absolute Gasteiger partial charge is 0.236 e. The second-order valence-electron chi connectivity index (χ2n) is 7.96. The van der Waals surface area contributed by atoms with Crippen molar-refractivity contribution in [1.82, 2.24) is 20.0 Å². The first-order chi connectivity index (χ1) is 12.2. The number of nitrogens with one attached hydrogen (secondary N) is 1. The van der Waals surface area contributed by atoms with Crippen LogP contribution in [0.5, 0.6) is 0 Å². The summed E-state index contributed by atoms with van der Waals surface area (Å²) < 4.78 is 5.30. The molecule has 0 bridgehead atoms. The molecule has 0 aromatic heterocycles. The lowest BCUT2D eigenvalue weighted by Gasteiger charge is -2.36. The third-order valence-corrected chi connectivity index (χ3v) is 6.49. The van der Waals surface area contributed by atoms with Crippen molar-refractivity contribution in [3.8, 4) is 0 Å². The van der Waals surface area contributed by atoms with Gasteiger partial charge in [-0.1, -0.05) is 0 Å². The van der Waals surface area contributed by atoms with Crippen LogP contribution in [0, 0.1) is 11.3 Å².